The Balaban J connectivity index is 1.63. The summed E-state index contributed by atoms with van der Waals surface area (Å²) in [4.78, 5) is 23.4. The lowest BCUT2D eigenvalue weighted by Gasteiger charge is -2.19. The number of fused-ring (bicyclic) bond motifs is 1. The maximum atomic E-state index is 13.8. The number of aryl methyl sites for hydroxylation is 1. The number of carbonyl (C=O) groups excluding carboxylic acids is 1. The third kappa shape index (κ3) is 4.46. The highest BCUT2D eigenvalue weighted by Gasteiger charge is 2.40. The molecule has 5 rings (SSSR count). The van der Waals surface area contributed by atoms with Crippen molar-refractivity contribution in [3.05, 3.63) is 93.9 Å². The number of thioether (sulfide) groups is 2. The van der Waals surface area contributed by atoms with Crippen LogP contribution >= 0.6 is 23.5 Å². The quantitative estimate of drug-likeness (QED) is 0.340. The first kappa shape index (κ1) is 23.6. The van der Waals surface area contributed by atoms with Gasteiger partial charge < -0.3 is 4.90 Å². The maximum Gasteiger partial charge on any atom is 0.416 e. The lowest BCUT2D eigenvalue weighted by atomic mass is 10.2. The molecule has 0 aromatic heterocycles. The molecule has 35 heavy (non-hydrogen) atoms. The number of aliphatic imine (C=N–C) groups is 1. The molecule has 0 N–H and O–H groups in total. The summed E-state index contributed by atoms with van der Waals surface area (Å²) in [5, 5.41) is 1.12. The molecule has 1 amide bonds. The van der Waals surface area contributed by atoms with Crippen LogP contribution in [-0.4, -0.2) is 17.6 Å². The number of nitrogens with zero attached hydrogens (tertiary/aromatic N) is 3. The molecule has 2 heterocycles. The van der Waals surface area contributed by atoms with E-state index in [1.165, 1.54) is 40.6 Å². The van der Waals surface area contributed by atoms with Crippen LogP contribution in [0.4, 0.5) is 30.2 Å². The highest BCUT2D eigenvalue weighted by atomic mass is 32.2. The fourth-order valence-corrected chi connectivity index (χ4v) is 6.35. The van der Waals surface area contributed by atoms with Crippen molar-refractivity contribution < 1.29 is 18.0 Å². The van der Waals surface area contributed by atoms with Gasteiger partial charge in [0.25, 0.3) is 5.91 Å². The van der Waals surface area contributed by atoms with Gasteiger partial charge in [-0.25, -0.2) is 4.99 Å². The highest BCUT2D eigenvalue weighted by Crippen LogP contribution is 2.51. The number of alkyl halides is 3. The van der Waals surface area contributed by atoms with Crippen molar-refractivity contribution in [3.8, 4) is 0 Å². The van der Waals surface area contributed by atoms with E-state index in [0.717, 1.165) is 33.3 Å². The Labute approximate surface area is 209 Å². The SMILES string of the molecule is CCN1C(=C2SC(=Nc3cccc(C(F)(F)F)c3)N(c3cccc(C)c3)C2=O)Sc2ccccc21. The van der Waals surface area contributed by atoms with Crippen LogP contribution in [0.2, 0.25) is 0 Å². The lowest BCUT2D eigenvalue weighted by Crippen LogP contribution is -2.29. The van der Waals surface area contributed by atoms with Crippen LogP contribution in [0.5, 0.6) is 0 Å². The average Bonchev–Trinajstić information content (AvgIpc) is 3.35. The van der Waals surface area contributed by atoms with Gasteiger partial charge in [0, 0.05) is 11.4 Å². The van der Waals surface area contributed by atoms with Gasteiger partial charge in [-0.2, -0.15) is 13.2 Å². The second-order valence-electron chi connectivity index (χ2n) is 7.97. The van der Waals surface area contributed by atoms with Crippen molar-refractivity contribution in [1.82, 2.24) is 0 Å². The van der Waals surface area contributed by atoms with E-state index in [1.807, 2.05) is 56.3 Å². The summed E-state index contributed by atoms with van der Waals surface area (Å²) in [5.74, 6) is -0.250. The number of anilines is 2. The van der Waals surface area contributed by atoms with Gasteiger partial charge >= 0.3 is 6.18 Å². The van der Waals surface area contributed by atoms with Gasteiger partial charge in [-0.1, -0.05) is 42.1 Å². The zero-order valence-corrected chi connectivity index (χ0v) is 20.5. The first-order chi connectivity index (χ1) is 16.8. The van der Waals surface area contributed by atoms with E-state index >= 15 is 0 Å². The molecule has 2 aliphatic heterocycles. The van der Waals surface area contributed by atoms with Crippen LogP contribution < -0.4 is 9.80 Å². The summed E-state index contributed by atoms with van der Waals surface area (Å²) >= 11 is 2.70. The van der Waals surface area contributed by atoms with Gasteiger partial charge in [-0.15, -0.1) is 0 Å². The topological polar surface area (TPSA) is 35.9 Å². The smallest absolute Gasteiger partial charge is 0.334 e. The van der Waals surface area contributed by atoms with E-state index in [0.29, 0.717) is 22.3 Å². The summed E-state index contributed by atoms with van der Waals surface area (Å²) in [6.45, 7) is 4.60. The van der Waals surface area contributed by atoms with Crippen molar-refractivity contribution in [1.29, 1.82) is 0 Å². The fraction of sp³-hybridized carbons (Fsp3) is 0.154. The minimum absolute atomic E-state index is 0.133. The second kappa shape index (κ2) is 9.13. The Morgan fingerprint density at radius 3 is 2.46 bits per heavy atom. The van der Waals surface area contributed by atoms with E-state index in [4.69, 9.17) is 0 Å². The number of amidine groups is 1. The Kier molecular flexibility index (Phi) is 6.14. The number of hydrogen-bond donors (Lipinski definition) is 0. The molecule has 3 aromatic carbocycles. The van der Waals surface area contributed by atoms with Gasteiger partial charge in [0.05, 0.1) is 22.6 Å². The van der Waals surface area contributed by atoms with E-state index in [1.54, 1.807) is 6.07 Å². The number of carbonyl (C=O) groups is 1. The molecule has 3 aromatic rings. The average molecular weight is 512 g/mol. The van der Waals surface area contributed by atoms with Crippen LogP contribution in [0.25, 0.3) is 0 Å². The molecule has 178 valence electrons. The lowest BCUT2D eigenvalue weighted by molar-refractivity contribution is -0.137. The summed E-state index contributed by atoms with van der Waals surface area (Å²) in [7, 11) is 0. The Morgan fingerprint density at radius 1 is 0.943 bits per heavy atom. The number of para-hydroxylation sites is 1. The molecule has 1 saturated heterocycles. The third-order valence-electron chi connectivity index (χ3n) is 5.56. The summed E-state index contributed by atoms with van der Waals surface area (Å²) < 4.78 is 39.8. The molecule has 2 aliphatic rings. The molecule has 1 fully saturated rings. The molecular weight excluding hydrogens is 491 g/mol. The predicted molar refractivity (Wildman–Crippen MR) is 137 cm³/mol. The molecule has 0 aliphatic carbocycles. The Bertz CT molecular complexity index is 1380. The first-order valence-electron chi connectivity index (χ1n) is 10.9. The van der Waals surface area contributed by atoms with E-state index in [-0.39, 0.29) is 11.6 Å². The van der Waals surface area contributed by atoms with Crippen molar-refractivity contribution in [2.24, 2.45) is 4.99 Å². The van der Waals surface area contributed by atoms with Crippen LogP contribution in [0.1, 0.15) is 18.1 Å². The minimum Gasteiger partial charge on any atom is -0.334 e. The van der Waals surface area contributed by atoms with Gasteiger partial charge in [-0.3, -0.25) is 9.69 Å². The zero-order chi connectivity index (χ0) is 24.7. The molecule has 0 unspecified atom stereocenters. The molecule has 9 heteroatoms. The van der Waals surface area contributed by atoms with Crippen LogP contribution in [0.3, 0.4) is 0 Å². The van der Waals surface area contributed by atoms with Crippen LogP contribution in [0, 0.1) is 6.92 Å². The maximum absolute atomic E-state index is 13.8. The Morgan fingerprint density at radius 2 is 1.71 bits per heavy atom. The van der Waals surface area contributed by atoms with E-state index in [2.05, 4.69) is 9.89 Å². The summed E-state index contributed by atoms with van der Waals surface area (Å²) in [6, 6.07) is 20.2. The van der Waals surface area contributed by atoms with E-state index in [9.17, 15) is 18.0 Å². The number of hydrogen-bond acceptors (Lipinski definition) is 5. The number of amides is 1. The minimum atomic E-state index is -4.48. The molecule has 0 radical (unpaired) electrons. The standard InChI is InChI=1S/C26H20F3N3OS2/c1-3-31-20-12-4-5-13-21(20)34-24(31)22-23(33)32(19-11-6-8-16(2)14-19)25(35-22)30-18-10-7-9-17(15-18)26(27,28)29/h4-15H,3H2,1-2H3. The molecule has 0 saturated carbocycles. The Hall–Kier alpha value is -3.17. The van der Waals surface area contributed by atoms with Gasteiger partial charge in [0.2, 0.25) is 0 Å². The normalized spacial score (nSPS) is 19.1. The van der Waals surface area contributed by atoms with Crippen molar-refractivity contribution >= 4 is 51.7 Å². The second-order valence-corrected chi connectivity index (χ2v) is 9.98. The van der Waals surface area contributed by atoms with E-state index < -0.39 is 11.7 Å². The van der Waals surface area contributed by atoms with Gasteiger partial charge in [0.15, 0.2) is 5.17 Å². The number of rotatable bonds is 3. The largest absolute Gasteiger partial charge is 0.416 e. The van der Waals surface area contributed by atoms with Gasteiger partial charge in [0.1, 0.15) is 9.93 Å². The molecule has 4 nitrogen and oxygen atoms in total. The molecular formula is C26H20F3N3OS2. The van der Waals surface area contributed by atoms with Crippen molar-refractivity contribution in [2.75, 3.05) is 16.3 Å². The highest BCUT2D eigenvalue weighted by molar-refractivity contribution is 8.20. The monoisotopic (exact) mass is 511 g/mol. The van der Waals surface area contributed by atoms with Gasteiger partial charge in [-0.05, 0) is 73.6 Å². The van der Waals surface area contributed by atoms with Crippen LogP contribution in [-0.2, 0) is 11.0 Å². The molecule has 0 atom stereocenters. The predicted octanol–water partition coefficient (Wildman–Crippen LogP) is 7.58. The summed E-state index contributed by atoms with van der Waals surface area (Å²) in [5.41, 5.74) is 1.95. The van der Waals surface area contributed by atoms with Crippen molar-refractivity contribution in [2.45, 2.75) is 24.9 Å². The van der Waals surface area contributed by atoms with Crippen LogP contribution in [0.15, 0.2) is 92.6 Å². The molecule has 0 bridgehead atoms. The first-order valence-corrected chi connectivity index (χ1v) is 12.5. The number of halogens is 3. The number of benzene rings is 3. The zero-order valence-electron chi connectivity index (χ0n) is 18.8. The summed E-state index contributed by atoms with van der Waals surface area (Å²) in [6.07, 6.45) is -4.48. The third-order valence-corrected chi connectivity index (χ3v) is 7.90. The van der Waals surface area contributed by atoms with Crippen molar-refractivity contribution in [3.63, 3.8) is 0 Å². The fourth-order valence-electron chi connectivity index (χ4n) is 3.95. The molecule has 0 spiro atoms.